The third-order valence-electron chi connectivity index (χ3n) is 3.73. The Morgan fingerprint density at radius 1 is 0.625 bits per heavy atom. The van der Waals surface area contributed by atoms with E-state index < -0.39 is 5.41 Å². The summed E-state index contributed by atoms with van der Waals surface area (Å²) in [5, 5.41) is 0. The van der Waals surface area contributed by atoms with E-state index in [0.717, 1.165) is 0 Å². The highest BCUT2D eigenvalue weighted by molar-refractivity contribution is 5.70. The van der Waals surface area contributed by atoms with Crippen molar-refractivity contribution >= 4 is 17.9 Å². The highest BCUT2D eigenvalue weighted by atomic mass is 16.6. The lowest BCUT2D eigenvalue weighted by molar-refractivity contribution is -0.162. The predicted molar refractivity (Wildman–Crippen MR) is 90.3 cm³/mol. The molecule has 6 nitrogen and oxygen atoms in total. The molecule has 0 N–H and O–H groups in total. The number of hydrogen-bond acceptors (Lipinski definition) is 6. The van der Waals surface area contributed by atoms with Crippen molar-refractivity contribution in [3.63, 3.8) is 0 Å². The maximum absolute atomic E-state index is 11.6. The van der Waals surface area contributed by atoms with E-state index in [2.05, 4.69) is 0 Å². The van der Waals surface area contributed by atoms with Crippen LogP contribution < -0.4 is 0 Å². The molecular weight excluding hydrogens is 312 g/mol. The van der Waals surface area contributed by atoms with Gasteiger partial charge in [-0.1, -0.05) is 27.7 Å². The second-order valence-corrected chi connectivity index (χ2v) is 6.09. The minimum atomic E-state index is -0.698. The van der Waals surface area contributed by atoms with E-state index >= 15 is 0 Å². The third kappa shape index (κ3) is 9.53. The lowest BCUT2D eigenvalue weighted by Gasteiger charge is -2.31. The van der Waals surface area contributed by atoms with E-state index in [-0.39, 0.29) is 37.7 Å². The van der Waals surface area contributed by atoms with Crippen LogP contribution in [0, 0.1) is 5.41 Å². The number of esters is 3. The number of ether oxygens (including phenoxy) is 3. The summed E-state index contributed by atoms with van der Waals surface area (Å²) >= 11 is 0. The molecule has 0 rings (SSSR count). The molecule has 0 aliphatic carbocycles. The monoisotopic (exact) mass is 344 g/mol. The topological polar surface area (TPSA) is 78.9 Å². The molecule has 0 atom stereocenters. The van der Waals surface area contributed by atoms with Crippen molar-refractivity contribution in [2.45, 2.75) is 72.6 Å². The molecule has 0 heterocycles. The molecule has 0 spiro atoms. The first kappa shape index (κ1) is 22.4. The molecule has 6 heteroatoms. The zero-order valence-corrected chi connectivity index (χ0v) is 15.5. The van der Waals surface area contributed by atoms with Gasteiger partial charge in [0.05, 0.1) is 5.41 Å². The Morgan fingerprint density at radius 2 is 0.917 bits per heavy atom. The van der Waals surface area contributed by atoms with Crippen LogP contribution in [0.3, 0.4) is 0 Å². The van der Waals surface area contributed by atoms with Gasteiger partial charge in [0.1, 0.15) is 19.8 Å². The highest BCUT2D eigenvalue weighted by Gasteiger charge is 2.34. The van der Waals surface area contributed by atoms with Gasteiger partial charge in [-0.2, -0.15) is 0 Å². The summed E-state index contributed by atoms with van der Waals surface area (Å²) in [5.41, 5.74) is -0.698. The number of carbonyl (C=O) groups excluding carboxylic acids is 3. The first-order valence-electron chi connectivity index (χ1n) is 8.89. The normalized spacial score (nSPS) is 11.0. The minimum Gasteiger partial charge on any atom is -0.465 e. The largest absolute Gasteiger partial charge is 0.465 e. The maximum Gasteiger partial charge on any atom is 0.305 e. The summed E-state index contributed by atoms with van der Waals surface area (Å²) in [4.78, 5) is 34.9. The quantitative estimate of drug-likeness (QED) is 0.376. The van der Waals surface area contributed by atoms with Crippen LogP contribution in [0.15, 0.2) is 0 Å². The maximum atomic E-state index is 11.6. The Morgan fingerprint density at radius 3 is 1.12 bits per heavy atom. The fraction of sp³-hybridized carbons (Fsp3) is 0.833. The number of rotatable bonds is 13. The van der Waals surface area contributed by atoms with Gasteiger partial charge in [0, 0.05) is 19.3 Å². The molecule has 0 fully saturated rings. The fourth-order valence-electron chi connectivity index (χ4n) is 1.96. The van der Waals surface area contributed by atoms with Crippen LogP contribution in [-0.2, 0) is 28.6 Å². The van der Waals surface area contributed by atoms with Crippen LogP contribution >= 0.6 is 0 Å². The van der Waals surface area contributed by atoms with Gasteiger partial charge in [0.2, 0.25) is 0 Å². The zero-order chi connectivity index (χ0) is 18.4. The summed E-state index contributed by atoms with van der Waals surface area (Å²) in [7, 11) is 0. The van der Waals surface area contributed by atoms with Crippen molar-refractivity contribution in [3.8, 4) is 0 Å². The zero-order valence-electron chi connectivity index (χ0n) is 15.5. The van der Waals surface area contributed by atoms with Crippen LogP contribution in [0.5, 0.6) is 0 Å². The Balaban J connectivity index is 4.81. The second kappa shape index (κ2) is 12.8. The molecule has 0 unspecified atom stereocenters. The average molecular weight is 344 g/mol. The van der Waals surface area contributed by atoms with Crippen LogP contribution in [0.4, 0.5) is 0 Å². The first-order chi connectivity index (χ1) is 11.4. The van der Waals surface area contributed by atoms with Gasteiger partial charge in [0.25, 0.3) is 0 Å². The third-order valence-corrected chi connectivity index (χ3v) is 3.73. The van der Waals surface area contributed by atoms with E-state index in [1.54, 1.807) is 0 Å². The van der Waals surface area contributed by atoms with E-state index in [0.29, 0.717) is 44.9 Å². The van der Waals surface area contributed by atoms with Crippen LogP contribution in [0.25, 0.3) is 0 Å². The summed E-state index contributed by atoms with van der Waals surface area (Å²) in [6, 6.07) is 0. The summed E-state index contributed by atoms with van der Waals surface area (Å²) < 4.78 is 15.9. The predicted octanol–water partition coefficient (Wildman–Crippen LogP) is 3.41. The van der Waals surface area contributed by atoms with Crippen molar-refractivity contribution in [2.75, 3.05) is 19.8 Å². The minimum absolute atomic E-state index is 0.0706. The number of hydrogen-bond donors (Lipinski definition) is 0. The lowest BCUT2D eigenvalue weighted by Crippen LogP contribution is -2.39. The molecule has 0 aromatic carbocycles. The van der Waals surface area contributed by atoms with Crippen molar-refractivity contribution in [1.82, 2.24) is 0 Å². The van der Waals surface area contributed by atoms with Crippen molar-refractivity contribution in [3.05, 3.63) is 0 Å². The van der Waals surface area contributed by atoms with Gasteiger partial charge in [-0.25, -0.2) is 0 Å². The molecular formula is C18H32O6. The van der Waals surface area contributed by atoms with Crippen LogP contribution in [-0.4, -0.2) is 37.7 Å². The average Bonchev–Trinajstić information content (AvgIpc) is 2.55. The molecule has 0 radical (unpaired) electrons. The molecule has 0 saturated heterocycles. The van der Waals surface area contributed by atoms with E-state index in [1.165, 1.54) is 0 Å². The molecule has 0 amide bonds. The van der Waals surface area contributed by atoms with Gasteiger partial charge < -0.3 is 14.2 Å². The van der Waals surface area contributed by atoms with Crippen LogP contribution in [0.1, 0.15) is 72.6 Å². The standard InChI is InChI=1S/C18H32O6/c1-5-9-15(19)22-12-18(8-4,13-23-16(20)10-6-2)14-24-17(21)11-7-3/h5-14H2,1-4H3. The highest BCUT2D eigenvalue weighted by Crippen LogP contribution is 2.25. The Bertz CT molecular complexity index is 336. The Hall–Kier alpha value is -1.59. The molecule has 0 bridgehead atoms. The summed E-state index contributed by atoms with van der Waals surface area (Å²) in [6.07, 6.45) is 3.69. The van der Waals surface area contributed by atoms with E-state index in [4.69, 9.17) is 14.2 Å². The molecule has 0 aromatic rings. The van der Waals surface area contributed by atoms with Gasteiger partial charge >= 0.3 is 17.9 Å². The van der Waals surface area contributed by atoms with Crippen molar-refractivity contribution < 1.29 is 28.6 Å². The van der Waals surface area contributed by atoms with Crippen molar-refractivity contribution in [2.24, 2.45) is 5.41 Å². The Kier molecular flexibility index (Phi) is 11.9. The summed E-state index contributed by atoms with van der Waals surface area (Å²) in [5.74, 6) is -0.889. The van der Waals surface area contributed by atoms with Gasteiger partial charge in [-0.3, -0.25) is 14.4 Å². The first-order valence-corrected chi connectivity index (χ1v) is 8.89. The molecule has 140 valence electrons. The fourth-order valence-corrected chi connectivity index (χ4v) is 1.96. The summed E-state index contributed by atoms with van der Waals surface area (Å²) in [6.45, 7) is 7.80. The smallest absolute Gasteiger partial charge is 0.305 e. The lowest BCUT2D eigenvalue weighted by atomic mass is 9.88. The molecule has 0 aliphatic rings. The molecule has 24 heavy (non-hydrogen) atoms. The van der Waals surface area contributed by atoms with E-state index in [1.807, 2.05) is 27.7 Å². The van der Waals surface area contributed by atoms with Gasteiger partial charge in [-0.05, 0) is 25.7 Å². The van der Waals surface area contributed by atoms with Gasteiger partial charge in [0.15, 0.2) is 0 Å². The molecule has 0 saturated carbocycles. The van der Waals surface area contributed by atoms with Gasteiger partial charge in [-0.15, -0.1) is 0 Å². The van der Waals surface area contributed by atoms with Crippen LogP contribution in [0.2, 0.25) is 0 Å². The second-order valence-electron chi connectivity index (χ2n) is 6.09. The van der Waals surface area contributed by atoms with Crippen molar-refractivity contribution in [1.29, 1.82) is 0 Å². The molecule has 0 aromatic heterocycles. The SMILES string of the molecule is CCCC(=O)OCC(CC)(COC(=O)CCC)COC(=O)CCC. The number of carbonyl (C=O) groups is 3. The Labute approximate surface area is 145 Å². The van der Waals surface area contributed by atoms with E-state index in [9.17, 15) is 14.4 Å². The molecule has 0 aliphatic heterocycles.